The van der Waals surface area contributed by atoms with Crippen molar-refractivity contribution in [2.75, 3.05) is 50.0 Å². The molecule has 0 bridgehead atoms. The second-order valence-corrected chi connectivity index (χ2v) is 11.4. The van der Waals surface area contributed by atoms with Crippen LogP contribution in [0, 0.1) is 22.9 Å². The summed E-state index contributed by atoms with van der Waals surface area (Å²) in [6, 6.07) is 1.41. The molecule has 216 valence electrons. The van der Waals surface area contributed by atoms with Crippen LogP contribution in [0.15, 0.2) is 40.5 Å². The molecule has 0 N–H and O–H groups in total. The molecule has 1 aromatic heterocycles. The topological polar surface area (TPSA) is 67.7 Å². The fourth-order valence-electron chi connectivity index (χ4n) is 5.61. The number of anilines is 1. The molecule has 0 saturated carbocycles. The van der Waals surface area contributed by atoms with Gasteiger partial charge in [-0.2, -0.15) is 18.2 Å². The van der Waals surface area contributed by atoms with Crippen LogP contribution in [0.5, 0.6) is 0 Å². The molecule has 4 heterocycles. The summed E-state index contributed by atoms with van der Waals surface area (Å²) in [6.07, 6.45) is -3.92. The van der Waals surface area contributed by atoms with E-state index >= 15 is 8.78 Å². The highest BCUT2D eigenvalue weighted by atomic mass is 32.2. The Kier molecular flexibility index (Phi) is 6.60. The van der Waals surface area contributed by atoms with E-state index in [9.17, 15) is 27.2 Å². The number of hydrogen-bond acceptors (Lipinski definition) is 6. The van der Waals surface area contributed by atoms with Crippen LogP contribution in [0.2, 0.25) is 0 Å². The minimum absolute atomic E-state index is 0.0214. The Bertz CT molecular complexity index is 1640. The van der Waals surface area contributed by atoms with Gasteiger partial charge in [0.25, 0.3) is 0 Å². The average molecular weight is 597 g/mol. The second-order valence-electron chi connectivity index (χ2n) is 10.4. The van der Waals surface area contributed by atoms with E-state index in [0.29, 0.717) is 12.1 Å². The van der Waals surface area contributed by atoms with Crippen molar-refractivity contribution in [3.8, 4) is 11.1 Å². The van der Waals surface area contributed by atoms with Crippen LogP contribution in [-0.4, -0.2) is 65.5 Å². The van der Waals surface area contributed by atoms with Gasteiger partial charge in [0.15, 0.2) is 0 Å². The summed E-state index contributed by atoms with van der Waals surface area (Å²) in [7, 11) is 0. The molecule has 41 heavy (non-hydrogen) atoms. The van der Waals surface area contributed by atoms with Crippen molar-refractivity contribution in [2.45, 2.75) is 17.6 Å². The molecule has 0 atom stereocenters. The zero-order valence-corrected chi connectivity index (χ0v) is 22.2. The van der Waals surface area contributed by atoms with Gasteiger partial charge in [-0.05, 0) is 12.1 Å². The standard InChI is InChI=1S/C27H22F6N4O3S/c1-2-19(38)35-3-5-36(6-4-35)24-15-9-16(27(31,32)33)20(21-17(29)7-14(28)8-18(21)30)23-22(15)37(25(39)34-24)10-26(13-41-23)11-40-12-26/h2,7-9H,1,3-6,10-13H2. The van der Waals surface area contributed by atoms with Crippen LogP contribution in [0.3, 0.4) is 0 Å². The van der Waals surface area contributed by atoms with Gasteiger partial charge >= 0.3 is 11.9 Å². The van der Waals surface area contributed by atoms with Gasteiger partial charge in [0, 0.05) is 71.9 Å². The molecule has 3 aliphatic rings. The number of aromatic nitrogens is 2. The van der Waals surface area contributed by atoms with E-state index in [1.165, 1.54) is 9.47 Å². The lowest BCUT2D eigenvalue weighted by Gasteiger charge is -2.40. The van der Waals surface area contributed by atoms with Gasteiger partial charge < -0.3 is 14.5 Å². The normalized spacial score (nSPS) is 18.4. The zero-order chi connectivity index (χ0) is 29.3. The Morgan fingerprint density at radius 1 is 1.05 bits per heavy atom. The molecule has 2 fully saturated rings. The van der Waals surface area contributed by atoms with E-state index in [1.807, 2.05) is 0 Å². The third kappa shape index (κ3) is 4.56. The molecule has 0 unspecified atom stereocenters. The number of rotatable bonds is 3. The number of halogens is 6. The first-order chi connectivity index (χ1) is 19.4. The number of piperazine rings is 1. The number of carbonyl (C=O) groups is 1. The van der Waals surface area contributed by atoms with Crippen LogP contribution < -0.4 is 10.6 Å². The molecule has 2 saturated heterocycles. The Labute approximate surface area is 233 Å². The number of alkyl halides is 3. The Hall–Kier alpha value is -3.52. The maximum Gasteiger partial charge on any atom is 0.417 e. The van der Waals surface area contributed by atoms with Gasteiger partial charge in [0.2, 0.25) is 5.91 Å². The maximum absolute atomic E-state index is 15.1. The largest absolute Gasteiger partial charge is 0.417 e. The predicted octanol–water partition coefficient (Wildman–Crippen LogP) is 4.46. The van der Waals surface area contributed by atoms with Gasteiger partial charge in [-0.1, -0.05) is 6.58 Å². The second kappa shape index (κ2) is 9.79. The fraction of sp³-hybridized carbons (Fsp3) is 0.370. The van der Waals surface area contributed by atoms with Crippen molar-refractivity contribution >= 4 is 34.4 Å². The third-order valence-electron chi connectivity index (χ3n) is 7.66. The molecule has 0 aliphatic carbocycles. The SMILES string of the molecule is C=CC(=O)N1CCN(c2nc(=O)n3c4c(c(-c5c(F)cc(F)cc5F)c(C(F)(F)F)cc24)SCC2(COC2)C3)CC1. The summed E-state index contributed by atoms with van der Waals surface area (Å²) in [4.78, 5) is 32.7. The number of amides is 1. The van der Waals surface area contributed by atoms with Gasteiger partial charge in [0.05, 0.1) is 29.9 Å². The van der Waals surface area contributed by atoms with E-state index in [2.05, 4.69) is 11.6 Å². The quantitative estimate of drug-likeness (QED) is 0.329. The summed E-state index contributed by atoms with van der Waals surface area (Å²) in [5.41, 5.74) is -4.45. The average Bonchev–Trinajstić information content (AvgIpc) is 3.09. The lowest BCUT2D eigenvalue weighted by atomic mass is 9.88. The summed E-state index contributed by atoms with van der Waals surface area (Å²) < 4.78 is 94.7. The van der Waals surface area contributed by atoms with Gasteiger partial charge in [-0.3, -0.25) is 9.36 Å². The molecule has 7 nitrogen and oxygen atoms in total. The highest BCUT2D eigenvalue weighted by Crippen LogP contribution is 2.51. The maximum atomic E-state index is 15.1. The first-order valence-corrected chi connectivity index (χ1v) is 13.6. The lowest BCUT2D eigenvalue weighted by Crippen LogP contribution is -2.50. The Morgan fingerprint density at radius 3 is 2.27 bits per heavy atom. The van der Waals surface area contributed by atoms with E-state index in [-0.39, 0.29) is 79.2 Å². The number of hydrogen-bond donors (Lipinski definition) is 0. The van der Waals surface area contributed by atoms with Crippen molar-refractivity contribution in [2.24, 2.45) is 5.41 Å². The lowest BCUT2D eigenvalue weighted by molar-refractivity contribution is -0.137. The van der Waals surface area contributed by atoms with Crippen molar-refractivity contribution in [3.05, 3.63) is 64.4 Å². The Morgan fingerprint density at radius 2 is 1.71 bits per heavy atom. The highest BCUT2D eigenvalue weighted by molar-refractivity contribution is 7.99. The Balaban J connectivity index is 1.65. The zero-order valence-electron chi connectivity index (χ0n) is 21.4. The monoisotopic (exact) mass is 596 g/mol. The minimum Gasteiger partial charge on any atom is -0.380 e. The highest BCUT2D eigenvalue weighted by Gasteiger charge is 2.45. The van der Waals surface area contributed by atoms with E-state index < -0.39 is 51.4 Å². The van der Waals surface area contributed by atoms with Crippen LogP contribution in [0.1, 0.15) is 5.56 Å². The molecular formula is C27H22F6N4O3S. The number of ether oxygens (including phenoxy) is 1. The summed E-state index contributed by atoms with van der Waals surface area (Å²) >= 11 is 0.952. The molecule has 1 amide bonds. The molecule has 0 radical (unpaired) electrons. The van der Waals surface area contributed by atoms with E-state index in [4.69, 9.17) is 4.74 Å². The van der Waals surface area contributed by atoms with Crippen molar-refractivity contribution in [1.29, 1.82) is 0 Å². The first kappa shape index (κ1) is 27.6. The molecule has 6 rings (SSSR count). The van der Waals surface area contributed by atoms with Crippen LogP contribution in [0.4, 0.5) is 32.2 Å². The molecule has 14 heteroatoms. The van der Waals surface area contributed by atoms with Crippen molar-refractivity contribution < 1.29 is 35.9 Å². The molecule has 3 aromatic rings. The summed E-state index contributed by atoms with van der Waals surface area (Å²) in [5.74, 6) is -4.39. The van der Waals surface area contributed by atoms with Crippen LogP contribution >= 0.6 is 11.8 Å². The molecule has 3 aliphatic heterocycles. The van der Waals surface area contributed by atoms with Crippen LogP contribution in [0.25, 0.3) is 22.0 Å². The van der Waals surface area contributed by atoms with Crippen molar-refractivity contribution in [1.82, 2.24) is 14.5 Å². The van der Waals surface area contributed by atoms with Crippen LogP contribution in [-0.2, 0) is 22.3 Å². The minimum atomic E-state index is -5.08. The number of benzene rings is 2. The smallest absolute Gasteiger partial charge is 0.380 e. The van der Waals surface area contributed by atoms with E-state index in [0.717, 1.165) is 23.9 Å². The third-order valence-corrected chi connectivity index (χ3v) is 9.10. The summed E-state index contributed by atoms with van der Waals surface area (Å²) in [5, 5.41) is -0.0214. The molecule has 2 aromatic carbocycles. The molecular weight excluding hydrogens is 574 g/mol. The number of carbonyl (C=O) groups excluding carboxylic acids is 1. The number of nitrogens with zero attached hydrogens (tertiary/aromatic N) is 4. The van der Waals surface area contributed by atoms with Gasteiger partial charge in [0.1, 0.15) is 23.3 Å². The van der Waals surface area contributed by atoms with E-state index in [1.54, 1.807) is 4.90 Å². The first-order valence-electron chi connectivity index (χ1n) is 12.6. The number of thioether (sulfide) groups is 1. The van der Waals surface area contributed by atoms with Crippen molar-refractivity contribution in [3.63, 3.8) is 0 Å². The summed E-state index contributed by atoms with van der Waals surface area (Å²) in [6.45, 7) is 4.81. The molecule has 1 spiro atoms. The van der Waals surface area contributed by atoms with Gasteiger partial charge in [-0.15, -0.1) is 11.8 Å². The fourth-order valence-corrected chi connectivity index (χ4v) is 7.04. The predicted molar refractivity (Wildman–Crippen MR) is 139 cm³/mol. The van der Waals surface area contributed by atoms with Gasteiger partial charge in [-0.25, -0.2) is 18.0 Å².